The molecule has 0 aliphatic carbocycles. The fraction of sp³-hybridized carbons (Fsp3) is 0.294. The minimum atomic E-state index is -0.757. The Bertz CT molecular complexity index is 648. The predicted octanol–water partition coefficient (Wildman–Crippen LogP) is 2.42. The van der Waals surface area contributed by atoms with Crippen LogP contribution in [0.3, 0.4) is 0 Å². The molecular weight excluding hydrogens is 285 g/mol. The molecule has 0 aromatic heterocycles. The maximum absolute atomic E-state index is 13.1. The zero-order valence-electron chi connectivity index (χ0n) is 12.1. The number of nitrogens with one attached hydrogen (secondary N) is 1. The Labute approximate surface area is 128 Å². The Morgan fingerprint density at radius 2 is 1.95 bits per heavy atom. The number of para-hydroxylation sites is 1. The van der Waals surface area contributed by atoms with E-state index in [9.17, 15) is 9.50 Å². The Balaban J connectivity index is 1.59. The van der Waals surface area contributed by atoms with Crippen molar-refractivity contribution >= 4 is 0 Å². The third-order valence-electron chi connectivity index (χ3n) is 3.53. The number of rotatable bonds is 5. The van der Waals surface area contributed by atoms with Crippen molar-refractivity contribution in [3.63, 3.8) is 0 Å². The van der Waals surface area contributed by atoms with Crippen LogP contribution in [0.15, 0.2) is 42.5 Å². The topological polar surface area (TPSA) is 50.7 Å². The standard InChI is InChI=1S/C17H18FNO3/c18-14-5-1-3-12(9-14)15(20)11-19-10-13-4-2-6-16-17(13)22-8-7-21-16/h1-6,9,15,19-20H,7-8,10-11H2/t15-/m1/s1. The van der Waals surface area contributed by atoms with E-state index in [4.69, 9.17) is 9.47 Å². The van der Waals surface area contributed by atoms with Crippen LogP contribution >= 0.6 is 0 Å². The van der Waals surface area contributed by atoms with E-state index in [0.717, 1.165) is 17.1 Å². The van der Waals surface area contributed by atoms with Gasteiger partial charge in [-0.2, -0.15) is 0 Å². The fourth-order valence-electron chi connectivity index (χ4n) is 2.45. The molecule has 4 nitrogen and oxygen atoms in total. The highest BCUT2D eigenvalue weighted by molar-refractivity contribution is 5.47. The van der Waals surface area contributed by atoms with E-state index >= 15 is 0 Å². The summed E-state index contributed by atoms with van der Waals surface area (Å²) < 4.78 is 24.3. The number of ether oxygens (including phenoxy) is 2. The predicted molar refractivity (Wildman–Crippen MR) is 80.5 cm³/mol. The van der Waals surface area contributed by atoms with E-state index in [1.54, 1.807) is 12.1 Å². The van der Waals surface area contributed by atoms with E-state index in [-0.39, 0.29) is 5.82 Å². The van der Waals surface area contributed by atoms with Crippen LogP contribution in [0.1, 0.15) is 17.2 Å². The van der Waals surface area contributed by atoms with Gasteiger partial charge in [0.05, 0.1) is 6.10 Å². The molecule has 1 aliphatic rings. The van der Waals surface area contributed by atoms with Gasteiger partial charge in [0.15, 0.2) is 11.5 Å². The van der Waals surface area contributed by atoms with E-state index in [2.05, 4.69) is 5.32 Å². The van der Waals surface area contributed by atoms with Gasteiger partial charge in [0.25, 0.3) is 0 Å². The highest BCUT2D eigenvalue weighted by Crippen LogP contribution is 2.33. The molecule has 0 radical (unpaired) electrons. The molecule has 22 heavy (non-hydrogen) atoms. The van der Waals surface area contributed by atoms with E-state index in [0.29, 0.717) is 31.9 Å². The first-order valence-corrected chi connectivity index (χ1v) is 7.26. The third-order valence-corrected chi connectivity index (χ3v) is 3.53. The Hall–Kier alpha value is -2.11. The molecule has 0 fully saturated rings. The van der Waals surface area contributed by atoms with Gasteiger partial charge in [0, 0.05) is 18.7 Å². The van der Waals surface area contributed by atoms with Crippen molar-refractivity contribution in [3.8, 4) is 11.5 Å². The first-order chi connectivity index (χ1) is 10.7. The van der Waals surface area contributed by atoms with Crippen molar-refractivity contribution in [3.05, 3.63) is 59.4 Å². The maximum atomic E-state index is 13.1. The molecule has 1 aliphatic heterocycles. The smallest absolute Gasteiger partial charge is 0.165 e. The number of hydrogen-bond acceptors (Lipinski definition) is 4. The fourth-order valence-corrected chi connectivity index (χ4v) is 2.45. The van der Waals surface area contributed by atoms with Gasteiger partial charge >= 0.3 is 0 Å². The van der Waals surface area contributed by atoms with Gasteiger partial charge in [-0.25, -0.2) is 4.39 Å². The van der Waals surface area contributed by atoms with Gasteiger partial charge in [-0.3, -0.25) is 0 Å². The summed E-state index contributed by atoms with van der Waals surface area (Å²) >= 11 is 0. The molecule has 2 aromatic rings. The molecule has 0 saturated heterocycles. The maximum Gasteiger partial charge on any atom is 0.165 e. The zero-order chi connectivity index (χ0) is 15.4. The second-order valence-corrected chi connectivity index (χ2v) is 5.14. The van der Waals surface area contributed by atoms with Crippen molar-refractivity contribution in [2.75, 3.05) is 19.8 Å². The summed E-state index contributed by atoms with van der Waals surface area (Å²) in [7, 11) is 0. The molecule has 116 valence electrons. The lowest BCUT2D eigenvalue weighted by molar-refractivity contribution is 0.166. The number of aliphatic hydroxyl groups excluding tert-OH is 1. The van der Waals surface area contributed by atoms with Crippen LogP contribution in [0.2, 0.25) is 0 Å². The Kier molecular flexibility index (Phi) is 4.56. The molecular formula is C17H18FNO3. The first kappa shape index (κ1) is 14.8. The summed E-state index contributed by atoms with van der Waals surface area (Å²) in [6.07, 6.45) is -0.757. The summed E-state index contributed by atoms with van der Waals surface area (Å²) in [5, 5.41) is 13.2. The van der Waals surface area contributed by atoms with Crippen LogP contribution in [0.25, 0.3) is 0 Å². The van der Waals surface area contributed by atoms with Crippen molar-refractivity contribution in [2.24, 2.45) is 0 Å². The lowest BCUT2D eigenvalue weighted by atomic mass is 10.1. The number of aliphatic hydroxyl groups is 1. The van der Waals surface area contributed by atoms with E-state index in [1.807, 2.05) is 18.2 Å². The van der Waals surface area contributed by atoms with E-state index < -0.39 is 6.10 Å². The number of halogens is 1. The molecule has 1 atom stereocenters. The molecule has 0 spiro atoms. The normalized spacial score (nSPS) is 14.6. The van der Waals surface area contributed by atoms with Crippen molar-refractivity contribution in [1.82, 2.24) is 5.32 Å². The summed E-state index contributed by atoms with van der Waals surface area (Å²) in [5.41, 5.74) is 1.53. The van der Waals surface area contributed by atoms with Gasteiger partial charge in [-0.15, -0.1) is 0 Å². The summed E-state index contributed by atoms with van der Waals surface area (Å²) in [6.45, 7) is 1.96. The third kappa shape index (κ3) is 3.37. The quantitative estimate of drug-likeness (QED) is 0.890. The van der Waals surface area contributed by atoms with Gasteiger partial charge in [0.1, 0.15) is 19.0 Å². The molecule has 0 unspecified atom stereocenters. The van der Waals surface area contributed by atoms with Crippen molar-refractivity contribution < 1.29 is 19.0 Å². The Morgan fingerprint density at radius 3 is 2.82 bits per heavy atom. The number of benzene rings is 2. The monoisotopic (exact) mass is 303 g/mol. The molecule has 1 heterocycles. The van der Waals surface area contributed by atoms with Crippen LogP contribution in [0.5, 0.6) is 11.5 Å². The van der Waals surface area contributed by atoms with Crippen LogP contribution in [-0.2, 0) is 6.54 Å². The highest BCUT2D eigenvalue weighted by Gasteiger charge is 2.15. The minimum absolute atomic E-state index is 0.327. The van der Waals surface area contributed by atoms with Gasteiger partial charge in [0.2, 0.25) is 0 Å². The molecule has 0 bridgehead atoms. The molecule has 0 amide bonds. The average molecular weight is 303 g/mol. The average Bonchev–Trinajstić information content (AvgIpc) is 2.55. The molecule has 2 N–H and O–H groups in total. The van der Waals surface area contributed by atoms with E-state index in [1.165, 1.54) is 12.1 Å². The summed E-state index contributed by atoms with van der Waals surface area (Å²) in [5.74, 6) is 1.15. The SMILES string of the molecule is O[C@H](CNCc1cccc2c1OCCO2)c1cccc(F)c1. The molecule has 0 saturated carbocycles. The van der Waals surface area contributed by atoms with Gasteiger partial charge < -0.3 is 19.9 Å². The molecule has 3 rings (SSSR count). The Morgan fingerprint density at radius 1 is 1.14 bits per heavy atom. The first-order valence-electron chi connectivity index (χ1n) is 7.26. The van der Waals surface area contributed by atoms with Gasteiger partial charge in [-0.05, 0) is 23.8 Å². The second kappa shape index (κ2) is 6.77. The largest absolute Gasteiger partial charge is 0.486 e. The highest BCUT2D eigenvalue weighted by atomic mass is 19.1. The second-order valence-electron chi connectivity index (χ2n) is 5.14. The van der Waals surface area contributed by atoms with Crippen LogP contribution < -0.4 is 14.8 Å². The lowest BCUT2D eigenvalue weighted by Crippen LogP contribution is -2.23. The van der Waals surface area contributed by atoms with Crippen molar-refractivity contribution in [2.45, 2.75) is 12.6 Å². The lowest BCUT2D eigenvalue weighted by Gasteiger charge is -2.21. The van der Waals surface area contributed by atoms with Crippen molar-refractivity contribution in [1.29, 1.82) is 0 Å². The van der Waals surface area contributed by atoms with Crippen LogP contribution in [-0.4, -0.2) is 24.9 Å². The zero-order valence-corrected chi connectivity index (χ0v) is 12.1. The molecule has 5 heteroatoms. The van der Waals surface area contributed by atoms with Crippen LogP contribution in [0.4, 0.5) is 4.39 Å². The number of fused-ring (bicyclic) bond motifs is 1. The number of hydrogen-bond donors (Lipinski definition) is 2. The summed E-state index contributed by atoms with van der Waals surface area (Å²) in [4.78, 5) is 0. The summed E-state index contributed by atoms with van der Waals surface area (Å²) in [6, 6.07) is 11.7. The van der Waals surface area contributed by atoms with Gasteiger partial charge in [-0.1, -0.05) is 24.3 Å². The van der Waals surface area contributed by atoms with Crippen LogP contribution in [0, 0.1) is 5.82 Å². The minimum Gasteiger partial charge on any atom is -0.486 e. The molecule has 2 aromatic carbocycles.